The Morgan fingerprint density at radius 2 is 1.64 bits per heavy atom. The molecule has 0 bridgehead atoms. The van der Waals surface area contributed by atoms with Crippen molar-refractivity contribution >= 4 is 40.5 Å². The second kappa shape index (κ2) is 10.5. The topological polar surface area (TPSA) is 108 Å². The van der Waals surface area contributed by atoms with E-state index < -0.39 is 77.1 Å². The number of aromatic nitrogens is 1. The maximum Gasteiger partial charge on any atom is 0.416 e. The Kier molecular flexibility index (Phi) is 7.33. The van der Waals surface area contributed by atoms with Gasteiger partial charge in [0.15, 0.2) is 10.8 Å². The average molecular weight is 611 g/mol. The van der Waals surface area contributed by atoms with Crippen LogP contribution in [0.1, 0.15) is 56.1 Å². The Morgan fingerprint density at radius 3 is 2.21 bits per heavy atom. The number of nitrogens with zero attached hydrogens (tertiary/aromatic N) is 2. The fourth-order valence-electron chi connectivity index (χ4n) is 4.64. The number of nitrogens with one attached hydrogen (secondary N) is 2. The first-order valence-corrected chi connectivity index (χ1v) is 13.3. The highest BCUT2D eigenvalue weighted by Gasteiger charge is 2.53. The van der Waals surface area contributed by atoms with Crippen molar-refractivity contribution in [2.24, 2.45) is 0 Å². The number of rotatable bonds is 6. The molecule has 0 radical (unpaired) electrons. The van der Waals surface area contributed by atoms with Gasteiger partial charge in [-0.25, -0.2) is 4.98 Å². The highest BCUT2D eigenvalue weighted by molar-refractivity contribution is 7.11. The summed E-state index contributed by atoms with van der Waals surface area (Å²) in [5.41, 5.74) is -5.00. The number of carbonyl (C=O) groups excluding carboxylic acids is 4. The van der Waals surface area contributed by atoms with Crippen LogP contribution in [0, 0.1) is 0 Å². The van der Waals surface area contributed by atoms with Gasteiger partial charge in [0.25, 0.3) is 5.91 Å². The van der Waals surface area contributed by atoms with Crippen molar-refractivity contribution in [3.8, 4) is 0 Å². The molecule has 2 aliphatic rings. The quantitative estimate of drug-likeness (QED) is 0.392. The van der Waals surface area contributed by atoms with E-state index in [1.165, 1.54) is 30.5 Å². The van der Waals surface area contributed by atoms with E-state index in [9.17, 15) is 45.5 Å². The van der Waals surface area contributed by atoms with Crippen LogP contribution in [0.15, 0.2) is 54.0 Å². The summed E-state index contributed by atoms with van der Waals surface area (Å²) >= 11 is 1.05. The molecule has 0 saturated heterocycles. The van der Waals surface area contributed by atoms with E-state index in [-0.39, 0.29) is 35.2 Å². The molecule has 2 N–H and O–H groups in total. The van der Waals surface area contributed by atoms with Crippen molar-refractivity contribution in [3.05, 3.63) is 81.3 Å². The molecule has 2 aromatic carbocycles. The first kappa shape index (κ1) is 29.2. The summed E-state index contributed by atoms with van der Waals surface area (Å²) in [5, 5.41) is 6.73. The minimum Gasteiger partial charge on any atom is -0.342 e. The van der Waals surface area contributed by atoms with Crippen LogP contribution in [-0.4, -0.2) is 40.1 Å². The van der Waals surface area contributed by atoms with Crippen LogP contribution in [0.5, 0.6) is 0 Å². The number of alkyl halides is 6. The molecule has 1 atom stereocenters. The zero-order valence-electron chi connectivity index (χ0n) is 21.3. The van der Waals surface area contributed by atoms with Crippen molar-refractivity contribution in [3.63, 3.8) is 0 Å². The first-order valence-electron chi connectivity index (χ1n) is 12.4. The zero-order chi connectivity index (χ0) is 30.4. The number of thiazole rings is 1. The van der Waals surface area contributed by atoms with Gasteiger partial charge in [0.05, 0.1) is 23.4 Å². The zero-order valence-corrected chi connectivity index (χ0v) is 22.1. The summed E-state index contributed by atoms with van der Waals surface area (Å²) in [6, 6.07) is 5.10. The number of hydrogen-bond donors (Lipinski definition) is 2. The molecule has 0 spiro atoms. The van der Waals surface area contributed by atoms with E-state index in [2.05, 4.69) is 15.6 Å². The lowest BCUT2D eigenvalue weighted by Crippen LogP contribution is -2.55. The fourth-order valence-corrected chi connectivity index (χ4v) is 5.17. The number of benzene rings is 2. The minimum atomic E-state index is -5.11. The van der Waals surface area contributed by atoms with Gasteiger partial charge in [-0.05, 0) is 48.7 Å². The van der Waals surface area contributed by atoms with Crippen molar-refractivity contribution in [1.29, 1.82) is 0 Å². The number of anilines is 1. The number of carbonyl (C=O) groups is 4. The summed E-state index contributed by atoms with van der Waals surface area (Å²) in [6.07, 6.45) is -8.86. The van der Waals surface area contributed by atoms with Gasteiger partial charge in [-0.3, -0.25) is 19.2 Å². The predicted octanol–water partition coefficient (Wildman–Crippen LogP) is 4.75. The molecule has 1 saturated carbocycles. The third-order valence-electron chi connectivity index (χ3n) is 6.91. The Bertz CT molecular complexity index is 1530. The van der Waals surface area contributed by atoms with Gasteiger partial charge in [-0.1, -0.05) is 12.1 Å². The second-order valence-corrected chi connectivity index (χ2v) is 10.8. The minimum absolute atomic E-state index is 0.00354. The third kappa shape index (κ3) is 5.86. The predicted molar refractivity (Wildman–Crippen MR) is 137 cm³/mol. The molecule has 5 rings (SSSR count). The van der Waals surface area contributed by atoms with Crippen molar-refractivity contribution in [2.45, 2.75) is 49.7 Å². The molecule has 2 heterocycles. The van der Waals surface area contributed by atoms with Crippen LogP contribution >= 0.6 is 11.3 Å². The molecule has 1 aromatic heterocycles. The smallest absolute Gasteiger partial charge is 0.342 e. The highest BCUT2D eigenvalue weighted by atomic mass is 32.1. The number of amides is 3. The standard InChI is InChI=1S/C27H20F6N4O4S/c28-26(29,30)15-9-14(10-16(11-15)27(31,32)33)13-37-19-4-2-1-3-17(19)20(38)12-18(23(37)40)35-24(41)25(5-6-25)36-21(39)22-34-7-8-42-22/h1-4,7-11,18H,5-6,12-13H2,(H,35,41)(H,36,39)/t18-/m1/s1. The van der Waals surface area contributed by atoms with E-state index in [0.29, 0.717) is 12.1 Å². The summed E-state index contributed by atoms with van der Waals surface area (Å²) < 4.78 is 80.9. The number of Topliss-reactive ketones (excluding diaryl/α,β-unsaturated/α-hetero) is 1. The van der Waals surface area contributed by atoms with E-state index >= 15 is 0 Å². The molecule has 1 aliphatic carbocycles. The number of para-hydroxylation sites is 1. The molecule has 3 amide bonds. The molecule has 1 aliphatic heterocycles. The monoisotopic (exact) mass is 610 g/mol. The fraction of sp³-hybridized carbons (Fsp3) is 0.296. The Morgan fingerprint density at radius 1 is 1.00 bits per heavy atom. The van der Waals surface area contributed by atoms with Crippen LogP contribution in [-0.2, 0) is 28.5 Å². The number of fused-ring (bicyclic) bond motifs is 1. The van der Waals surface area contributed by atoms with Gasteiger partial charge >= 0.3 is 12.4 Å². The largest absolute Gasteiger partial charge is 0.416 e. The number of ketones is 1. The molecule has 1 fully saturated rings. The molecule has 220 valence electrons. The van der Waals surface area contributed by atoms with Crippen LogP contribution < -0.4 is 15.5 Å². The van der Waals surface area contributed by atoms with Crippen molar-refractivity contribution < 1.29 is 45.5 Å². The summed E-state index contributed by atoms with van der Waals surface area (Å²) in [5.74, 6) is -2.87. The molecule has 8 nitrogen and oxygen atoms in total. The van der Waals surface area contributed by atoms with E-state index in [1.807, 2.05) is 0 Å². The first-order chi connectivity index (χ1) is 19.7. The van der Waals surface area contributed by atoms with Gasteiger partial charge in [0, 0.05) is 23.6 Å². The summed E-state index contributed by atoms with van der Waals surface area (Å²) in [6.45, 7) is -0.756. The lowest BCUT2D eigenvalue weighted by atomic mass is 10.0. The number of hydrogen-bond acceptors (Lipinski definition) is 6. The molecular formula is C27H20F6N4O4S. The van der Waals surface area contributed by atoms with E-state index in [4.69, 9.17) is 0 Å². The molecule has 42 heavy (non-hydrogen) atoms. The van der Waals surface area contributed by atoms with E-state index in [1.54, 1.807) is 5.38 Å². The molecule has 0 unspecified atom stereocenters. The van der Waals surface area contributed by atoms with Gasteiger partial charge in [-0.2, -0.15) is 26.3 Å². The maximum absolute atomic E-state index is 13.7. The van der Waals surface area contributed by atoms with Gasteiger partial charge in [0.1, 0.15) is 11.6 Å². The Hall–Kier alpha value is -4.27. The van der Waals surface area contributed by atoms with Gasteiger partial charge in [0.2, 0.25) is 11.8 Å². The molecule has 15 heteroatoms. The Balaban J connectivity index is 1.46. The average Bonchev–Trinajstić information content (AvgIpc) is 3.51. The number of halogens is 6. The van der Waals surface area contributed by atoms with Crippen LogP contribution in [0.3, 0.4) is 0 Å². The van der Waals surface area contributed by atoms with Crippen molar-refractivity contribution in [1.82, 2.24) is 15.6 Å². The molecule has 3 aromatic rings. The van der Waals surface area contributed by atoms with Crippen molar-refractivity contribution in [2.75, 3.05) is 4.90 Å². The summed E-state index contributed by atoms with van der Waals surface area (Å²) in [4.78, 5) is 57.3. The SMILES string of the molecule is O=C(NC1(C(=O)N[C@@H]2CC(=O)c3ccccc3N(Cc3cc(C(F)(F)F)cc(C(F)(F)F)c3)C2=O)CC1)c1nccs1. The van der Waals surface area contributed by atoms with Gasteiger partial charge < -0.3 is 15.5 Å². The third-order valence-corrected chi connectivity index (χ3v) is 7.68. The molecular weight excluding hydrogens is 590 g/mol. The highest BCUT2D eigenvalue weighted by Crippen LogP contribution is 2.39. The van der Waals surface area contributed by atoms with Crippen LogP contribution in [0.2, 0.25) is 0 Å². The normalized spacial score (nSPS) is 18.2. The van der Waals surface area contributed by atoms with Crippen LogP contribution in [0.4, 0.5) is 32.0 Å². The Labute approximate surface area is 237 Å². The summed E-state index contributed by atoms with van der Waals surface area (Å²) in [7, 11) is 0. The maximum atomic E-state index is 13.7. The van der Waals surface area contributed by atoms with E-state index in [0.717, 1.165) is 16.2 Å². The van der Waals surface area contributed by atoms with Crippen LogP contribution in [0.25, 0.3) is 0 Å². The lowest BCUT2D eigenvalue weighted by molar-refractivity contribution is -0.143. The lowest BCUT2D eigenvalue weighted by Gasteiger charge is -2.27. The second-order valence-electron chi connectivity index (χ2n) is 9.88. The van der Waals surface area contributed by atoms with Gasteiger partial charge in [-0.15, -0.1) is 11.3 Å².